The van der Waals surface area contributed by atoms with Crippen LogP contribution in [-0.4, -0.2) is 47.0 Å². The van der Waals surface area contributed by atoms with Crippen LogP contribution in [0.25, 0.3) is 0 Å². The second-order valence-electron chi connectivity index (χ2n) is 3.98. The minimum atomic E-state index is -0.538. The van der Waals surface area contributed by atoms with E-state index in [1.165, 1.54) is 18.2 Å². The van der Waals surface area contributed by atoms with E-state index in [4.69, 9.17) is 5.11 Å². The van der Waals surface area contributed by atoms with Crippen LogP contribution in [-0.2, 0) is 0 Å². The number of phenolic OH excluding ortho intramolecular Hbond substituents is 2. The predicted octanol–water partition coefficient (Wildman–Crippen LogP) is -0.202. The Kier molecular flexibility index (Phi) is 5.41. The highest BCUT2D eigenvalue weighted by Crippen LogP contribution is 2.25. The molecule has 18 heavy (non-hydrogen) atoms. The average Bonchev–Trinajstić information content (AvgIpc) is 2.27. The molecule has 0 bridgehead atoms. The smallest absolute Gasteiger partial charge is 0.258 e. The van der Waals surface area contributed by atoms with Gasteiger partial charge in [-0.25, -0.2) is 0 Å². The summed E-state index contributed by atoms with van der Waals surface area (Å²) in [6.07, 6.45) is -0.442. The van der Waals surface area contributed by atoms with Crippen molar-refractivity contribution in [3.63, 3.8) is 0 Å². The average molecular weight is 254 g/mol. The first-order valence-corrected chi connectivity index (χ1v) is 5.70. The van der Waals surface area contributed by atoms with Gasteiger partial charge in [0, 0.05) is 19.6 Å². The Hall–Kier alpha value is -1.79. The zero-order chi connectivity index (χ0) is 13.5. The van der Waals surface area contributed by atoms with E-state index in [2.05, 4.69) is 10.6 Å². The highest BCUT2D eigenvalue weighted by molar-refractivity contribution is 5.99. The summed E-state index contributed by atoms with van der Waals surface area (Å²) < 4.78 is 0. The fraction of sp³-hybridized carbons (Fsp3) is 0.417. The number of hydrogen-bond acceptors (Lipinski definition) is 5. The molecule has 1 amide bonds. The maximum atomic E-state index is 11.7. The van der Waals surface area contributed by atoms with Gasteiger partial charge in [-0.3, -0.25) is 4.79 Å². The maximum absolute atomic E-state index is 11.7. The lowest BCUT2D eigenvalue weighted by molar-refractivity contribution is 0.0948. The van der Waals surface area contributed by atoms with E-state index in [0.717, 1.165) is 0 Å². The van der Waals surface area contributed by atoms with Gasteiger partial charge in [0.05, 0.1) is 6.10 Å². The van der Waals surface area contributed by atoms with Crippen LogP contribution >= 0.6 is 0 Å². The fourth-order valence-electron chi connectivity index (χ4n) is 1.42. The van der Waals surface area contributed by atoms with Gasteiger partial charge in [-0.05, 0) is 19.1 Å². The molecule has 0 aliphatic heterocycles. The largest absolute Gasteiger partial charge is 0.507 e. The molecule has 5 N–H and O–H groups in total. The Bertz CT molecular complexity index is 387. The fourth-order valence-corrected chi connectivity index (χ4v) is 1.42. The van der Waals surface area contributed by atoms with Gasteiger partial charge < -0.3 is 26.0 Å². The second-order valence-corrected chi connectivity index (χ2v) is 3.98. The zero-order valence-electron chi connectivity index (χ0n) is 10.2. The minimum absolute atomic E-state index is 0.131. The summed E-state index contributed by atoms with van der Waals surface area (Å²) >= 11 is 0. The Labute approximate surface area is 105 Å². The van der Waals surface area contributed by atoms with E-state index in [9.17, 15) is 15.0 Å². The van der Waals surface area contributed by atoms with Crippen molar-refractivity contribution >= 4 is 5.91 Å². The summed E-state index contributed by atoms with van der Waals surface area (Å²) in [4.78, 5) is 11.7. The molecule has 1 aromatic rings. The SMILES string of the molecule is CC(O)CNCCNC(=O)c1c(O)cccc1O. The quantitative estimate of drug-likeness (QED) is 0.452. The molecule has 1 unspecified atom stereocenters. The molecule has 0 saturated carbocycles. The number of amides is 1. The Balaban J connectivity index is 2.41. The Morgan fingerprint density at radius 3 is 2.44 bits per heavy atom. The van der Waals surface area contributed by atoms with Crippen LogP contribution in [0, 0.1) is 0 Å². The topological polar surface area (TPSA) is 102 Å². The molecule has 6 heteroatoms. The number of nitrogens with one attached hydrogen (secondary N) is 2. The van der Waals surface area contributed by atoms with Crippen molar-refractivity contribution in [1.82, 2.24) is 10.6 Å². The van der Waals surface area contributed by atoms with Gasteiger partial charge in [-0.15, -0.1) is 0 Å². The van der Waals surface area contributed by atoms with Crippen molar-refractivity contribution in [3.8, 4) is 11.5 Å². The van der Waals surface area contributed by atoms with E-state index in [-0.39, 0.29) is 17.1 Å². The lowest BCUT2D eigenvalue weighted by atomic mass is 10.1. The third-order valence-corrected chi connectivity index (χ3v) is 2.27. The number of aromatic hydroxyl groups is 2. The van der Waals surface area contributed by atoms with Crippen LogP contribution in [0.5, 0.6) is 11.5 Å². The molecule has 100 valence electrons. The van der Waals surface area contributed by atoms with Crippen LogP contribution in [0.4, 0.5) is 0 Å². The van der Waals surface area contributed by atoms with Gasteiger partial charge in [-0.1, -0.05) is 6.07 Å². The standard InChI is InChI=1S/C12H18N2O4/c1-8(15)7-13-5-6-14-12(18)11-9(16)3-2-4-10(11)17/h2-4,8,13,15-17H,5-7H2,1H3,(H,14,18). The highest BCUT2D eigenvalue weighted by atomic mass is 16.3. The monoisotopic (exact) mass is 254 g/mol. The third kappa shape index (κ3) is 4.23. The molecule has 0 aliphatic rings. The summed E-state index contributed by atoms with van der Waals surface area (Å²) in [5, 5.41) is 33.4. The number of hydrogen-bond donors (Lipinski definition) is 5. The number of carbonyl (C=O) groups excluding carboxylic acids is 1. The van der Waals surface area contributed by atoms with Crippen molar-refractivity contribution in [2.75, 3.05) is 19.6 Å². The minimum Gasteiger partial charge on any atom is -0.507 e. The number of aliphatic hydroxyl groups excluding tert-OH is 1. The molecule has 0 aromatic heterocycles. The van der Waals surface area contributed by atoms with E-state index >= 15 is 0 Å². The molecule has 1 rings (SSSR count). The van der Waals surface area contributed by atoms with Crippen LogP contribution in [0.3, 0.4) is 0 Å². The van der Waals surface area contributed by atoms with Gasteiger partial charge >= 0.3 is 0 Å². The predicted molar refractivity (Wildman–Crippen MR) is 66.7 cm³/mol. The van der Waals surface area contributed by atoms with Crippen LogP contribution < -0.4 is 10.6 Å². The molecule has 0 saturated heterocycles. The second kappa shape index (κ2) is 6.83. The van der Waals surface area contributed by atoms with Crippen molar-refractivity contribution in [2.24, 2.45) is 0 Å². The molecule has 0 spiro atoms. The normalized spacial score (nSPS) is 12.1. The summed E-state index contributed by atoms with van der Waals surface area (Å²) in [5.74, 6) is -1.06. The van der Waals surface area contributed by atoms with Crippen molar-refractivity contribution < 1.29 is 20.1 Å². The van der Waals surface area contributed by atoms with Crippen LogP contribution in [0.1, 0.15) is 17.3 Å². The molecular weight excluding hydrogens is 236 g/mol. The summed E-state index contributed by atoms with van der Waals surface area (Å²) in [6.45, 7) is 2.92. The number of phenols is 2. The third-order valence-electron chi connectivity index (χ3n) is 2.27. The van der Waals surface area contributed by atoms with E-state index in [1.54, 1.807) is 6.92 Å². The summed E-state index contributed by atoms with van der Waals surface area (Å²) in [6, 6.07) is 4.12. The number of rotatable bonds is 6. The molecule has 0 radical (unpaired) electrons. The highest BCUT2D eigenvalue weighted by Gasteiger charge is 2.14. The first kappa shape index (κ1) is 14.3. The van der Waals surface area contributed by atoms with Gasteiger partial charge in [0.1, 0.15) is 17.1 Å². The lowest BCUT2D eigenvalue weighted by Gasteiger charge is -2.09. The van der Waals surface area contributed by atoms with E-state index in [1.807, 2.05) is 0 Å². The molecular formula is C12H18N2O4. The van der Waals surface area contributed by atoms with E-state index in [0.29, 0.717) is 19.6 Å². The van der Waals surface area contributed by atoms with Gasteiger partial charge in [0.2, 0.25) is 0 Å². The Morgan fingerprint density at radius 2 is 1.89 bits per heavy atom. The zero-order valence-corrected chi connectivity index (χ0v) is 10.2. The molecule has 1 aromatic carbocycles. The van der Waals surface area contributed by atoms with Crippen molar-refractivity contribution in [3.05, 3.63) is 23.8 Å². The van der Waals surface area contributed by atoms with Gasteiger partial charge in [0.15, 0.2) is 0 Å². The molecule has 0 aliphatic carbocycles. The summed E-state index contributed by atoms with van der Waals surface area (Å²) in [5.41, 5.74) is -0.131. The van der Waals surface area contributed by atoms with Crippen molar-refractivity contribution in [1.29, 1.82) is 0 Å². The van der Waals surface area contributed by atoms with Gasteiger partial charge in [-0.2, -0.15) is 0 Å². The molecule has 6 nitrogen and oxygen atoms in total. The number of aliphatic hydroxyl groups is 1. The van der Waals surface area contributed by atoms with Crippen molar-refractivity contribution in [2.45, 2.75) is 13.0 Å². The van der Waals surface area contributed by atoms with Crippen LogP contribution in [0.15, 0.2) is 18.2 Å². The Morgan fingerprint density at radius 1 is 1.28 bits per heavy atom. The molecule has 0 fully saturated rings. The maximum Gasteiger partial charge on any atom is 0.258 e. The first-order valence-electron chi connectivity index (χ1n) is 5.70. The molecule has 1 atom stereocenters. The number of benzene rings is 1. The molecule has 0 heterocycles. The lowest BCUT2D eigenvalue weighted by Crippen LogP contribution is -2.34. The van der Waals surface area contributed by atoms with Gasteiger partial charge in [0.25, 0.3) is 5.91 Å². The van der Waals surface area contributed by atoms with Crippen LogP contribution in [0.2, 0.25) is 0 Å². The summed E-state index contributed by atoms with van der Waals surface area (Å²) in [7, 11) is 0. The number of carbonyl (C=O) groups is 1. The first-order chi connectivity index (χ1) is 8.52. The van der Waals surface area contributed by atoms with E-state index < -0.39 is 12.0 Å².